The zero-order valence-corrected chi connectivity index (χ0v) is 12.5. The highest BCUT2D eigenvalue weighted by Gasteiger charge is 2.08. The molecule has 0 amide bonds. The standard InChI is InChI=1S/C17H19NO3/c1-11(2)21-15-6-4-5-14(9-15)16-8-7-13(10-17(19)20)12(3)18-16/h4-9,11H,10H2,1-3H3,(H,19,20). The molecule has 0 radical (unpaired) electrons. The van der Waals surface area contributed by atoms with Crippen molar-refractivity contribution in [2.75, 3.05) is 0 Å². The smallest absolute Gasteiger partial charge is 0.307 e. The number of aryl methyl sites for hydroxylation is 1. The quantitative estimate of drug-likeness (QED) is 0.913. The van der Waals surface area contributed by atoms with Crippen LogP contribution >= 0.6 is 0 Å². The van der Waals surface area contributed by atoms with E-state index >= 15 is 0 Å². The number of rotatable bonds is 5. The Balaban J connectivity index is 2.30. The molecule has 21 heavy (non-hydrogen) atoms. The second-order valence-corrected chi connectivity index (χ2v) is 5.21. The lowest BCUT2D eigenvalue weighted by molar-refractivity contribution is -0.136. The van der Waals surface area contributed by atoms with Crippen molar-refractivity contribution < 1.29 is 14.6 Å². The summed E-state index contributed by atoms with van der Waals surface area (Å²) in [5.41, 5.74) is 3.25. The lowest BCUT2D eigenvalue weighted by Crippen LogP contribution is -2.05. The Bertz CT molecular complexity index is 650. The van der Waals surface area contributed by atoms with Gasteiger partial charge < -0.3 is 9.84 Å². The Morgan fingerprint density at radius 1 is 1.29 bits per heavy atom. The molecule has 2 aromatic rings. The van der Waals surface area contributed by atoms with Gasteiger partial charge in [-0.25, -0.2) is 0 Å². The maximum atomic E-state index is 10.8. The largest absolute Gasteiger partial charge is 0.491 e. The van der Waals surface area contributed by atoms with E-state index in [2.05, 4.69) is 4.98 Å². The number of hydrogen-bond donors (Lipinski definition) is 1. The van der Waals surface area contributed by atoms with E-state index in [1.807, 2.05) is 57.2 Å². The molecule has 0 unspecified atom stereocenters. The predicted octanol–water partition coefficient (Wildman–Crippen LogP) is 3.47. The first-order valence-corrected chi connectivity index (χ1v) is 6.91. The van der Waals surface area contributed by atoms with Gasteiger partial charge in [0.05, 0.1) is 18.2 Å². The van der Waals surface area contributed by atoms with Gasteiger partial charge in [-0.05, 0) is 44.5 Å². The van der Waals surface area contributed by atoms with Crippen molar-refractivity contribution in [2.24, 2.45) is 0 Å². The summed E-state index contributed by atoms with van der Waals surface area (Å²) in [4.78, 5) is 15.3. The molecule has 1 N–H and O–H groups in total. The highest BCUT2D eigenvalue weighted by molar-refractivity contribution is 5.71. The van der Waals surface area contributed by atoms with Gasteiger partial charge in [0.25, 0.3) is 0 Å². The molecule has 0 fully saturated rings. The Morgan fingerprint density at radius 3 is 2.67 bits per heavy atom. The number of carboxylic acid groups (broad SMARTS) is 1. The van der Waals surface area contributed by atoms with Crippen molar-refractivity contribution in [2.45, 2.75) is 33.3 Å². The molecular formula is C17H19NO3. The summed E-state index contributed by atoms with van der Waals surface area (Å²) < 4.78 is 5.68. The molecular weight excluding hydrogens is 266 g/mol. The van der Waals surface area contributed by atoms with Crippen molar-refractivity contribution in [3.8, 4) is 17.0 Å². The van der Waals surface area contributed by atoms with Crippen molar-refractivity contribution >= 4 is 5.97 Å². The van der Waals surface area contributed by atoms with Crippen molar-refractivity contribution in [1.29, 1.82) is 0 Å². The number of aliphatic carboxylic acids is 1. The summed E-state index contributed by atoms with van der Waals surface area (Å²) >= 11 is 0. The van der Waals surface area contributed by atoms with Crippen LogP contribution in [0.2, 0.25) is 0 Å². The monoisotopic (exact) mass is 285 g/mol. The zero-order valence-electron chi connectivity index (χ0n) is 12.5. The van der Waals surface area contributed by atoms with E-state index < -0.39 is 5.97 Å². The highest BCUT2D eigenvalue weighted by Crippen LogP contribution is 2.24. The molecule has 0 aliphatic carbocycles. The van der Waals surface area contributed by atoms with Gasteiger partial charge in [0.15, 0.2) is 0 Å². The molecule has 4 nitrogen and oxygen atoms in total. The lowest BCUT2D eigenvalue weighted by Gasteiger charge is -2.11. The lowest BCUT2D eigenvalue weighted by atomic mass is 10.1. The normalized spacial score (nSPS) is 10.7. The second-order valence-electron chi connectivity index (χ2n) is 5.21. The minimum atomic E-state index is -0.847. The molecule has 0 saturated heterocycles. The van der Waals surface area contributed by atoms with Gasteiger partial charge >= 0.3 is 5.97 Å². The van der Waals surface area contributed by atoms with Crippen LogP contribution in [0.25, 0.3) is 11.3 Å². The van der Waals surface area contributed by atoms with E-state index in [0.717, 1.165) is 28.3 Å². The maximum absolute atomic E-state index is 10.8. The number of hydrogen-bond acceptors (Lipinski definition) is 3. The van der Waals surface area contributed by atoms with E-state index in [1.54, 1.807) is 0 Å². The van der Waals surface area contributed by atoms with E-state index in [9.17, 15) is 4.79 Å². The van der Waals surface area contributed by atoms with Crippen LogP contribution in [0.5, 0.6) is 5.75 Å². The summed E-state index contributed by atoms with van der Waals surface area (Å²) in [5.74, 6) is -0.0449. The van der Waals surface area contributed by atoms with E-state index in [-0.39, 0.29) is 12.5 Å². The van der Waals surface area contributed by atoms with Crippen LogP contribution in [-0.2, 0) is 11.2 Å². The number of carbonyl (C=O) groups is 1. The van der Waals surface area contributed by atoms with Crippen LogP contribution in [0.4, 0.5) is 0 Å². The predicted molar refractivity (Wildman–Crippen MR) is 81.5 cm³/mol. The molecule has 1 aromatic heterocycles. The summed E-state index contributed by atoms with van der Waals surface area (Å²) in [6, 6.07) is 11.4. The first kappa shape index (κ1) is 15.0. The Labute approximate surface area is 124 Å². The van der Waals surface area contributed by atoms with Gasteiger partial charge in [0, 0.05) is 11.3 Å². The van der Waals surface area contributed by atoms with Gasteiger partial charge in [-0.15, -0.1) is 0 Å². The number of carboxylic acids is 1. The van der Waals surface area contributed by atoms with Crippen LogP contribution in [0.15, 0.2) is 36.4 Å². The molecule has 0 spiro atoms. The highest BCUT2D eigenvalue weighted by atomic mass is 16.5. The average molecular weight is 285 g/mol. The zero-order chi connectivity index (χ0) is 15.4. The van der Waals surface area contributed by atoms with Crippen LogP contribution < -0.4 is 4.74 Å². The number of pyridine rings is 1. The first-order chi connectivity index (χ1) is 9.95. The van der Waals surface area contributed by atoms with Crippen molar-refractivity contribution in [3.63, 3.8) is 0 Å². The summed E-state index contributed by atoms with van der Waals surface area (Å²) in [7, 11) is 0. The van der Waals surface area contributed by atoms with Crippen LogP contribution in [0.1, 0.15) is 25.1 Å². The van der Waals surface area contributed by atoms with Gasteiger partial charge in [0.2, 0.25) is 0 Å². The fourth-order valence-electron chi connectivity index (χ4n) is 2.10. The van der Waals surface area contributed by atoms with Gasteiger partial charge in [-0.3, -0.25) is 9.78 Å². The van der Waals surface area contributed by atoms with Crippen LogP contribution in [-0.4, -0.2) is 22.2 Å². The van der Waals surface area contributed by atoms with E-state index in [4.69, 9.17) is 9.84 Å². The molecule has 1 heterocycles. The molecule has 4 heteroatoms. The first-order valence-electron chi connectivity index (χ1n) is 6.91. The number of benzene rings is 1. The van der Waals surface area contributed by atoms with Gasteiger partial charge in [-0.1, -0.05) is 18.2 Å². The van der Waals surface area contributed by atoms with Crippen molar-refractivity contribution in [1.82, 2.24) is 4.98 Å². The minimum Gasteiger partial charge on any atom is -0.491 e. The maximum Gasteiger partial charge on any atom is 0.307 e. The molecule has 0 atom stereocenters. The topological polar surface area (TPSA) is 59.4 Å². The SMILES string of the molecule is Cc1nc(-c2cccc(OC(C)C)c2)ccc1CC(=O)O. The van der Waals surface area contributed by atoms with Crippen molar-refractivity contribution in [3.05, 3.63) is 47.7 Å². The van der Waals surface area contributed by atoms with Crippen LogP contribution in [0.3, 0.4) is 0 Å². The van der Waals surface area contributed by atoms with Crippen LogP contribution in [0, 0.1) is 6.92 Å². The minimum absolute atomic E-state index is 0.00435. The molecule has 1 aromatic carbocycles. The third-order valence-corrected chi connectivity index (χ3v) is 3.04. The Morgan fingerprint density at radius 2 is 2.05 bits per heavy atom. The summed E-state index contributed by atoms with van der Waals surface area (Å²) in [6.45, 7) is 5.79. The molecule has 0 saturated carbocycles. The average Bonchev–Trinajstić information content (AvgIpc) is 2.40. The fraction of sp³-hybridized carbons (Fsp3) is 0.294. The molecule has 0 bridgehead atoms. The third kappa shape index (κ3) is 4.05. The number of ether oxygens (including phenoxy) is 1. The van der Waals surface area contributed by atoms with E-state index in [1.165, 1.54) is 0 Å². The molecule has 0 aliphatic heterocycles. The second kappa shape index (κ2) is 6.39. The fourth-order valence-corrected chi connectivity index (χ4v) is 2.10. The van der Waals surface area contributed by atoms with Gasteiger partial charge in [0.1, 0.15) is 5.75 Å². The Hall–Kier alpha value is -2.36. The number of aromatic nitrogens is 1. The number of nitrogens with zero attached hydrogens (tertiary/aromatic N) is 1. The molecule has 110 valence electrons. The Kier molecular flexibility index (Phi) is 4.58. The summed E-state index contributed by atoms with van der Waals surface area (Å²) in [6.07, 6.45) is 0.114. The molecule has 2 rings (SSSR count). The van der Waals surface area contributed by atoms with E-state index in [0.29, 0.717) is 0 Å². The third-order valence-electron chi connectivity index (χ3n) is 3.04. The summed E-state index contributed by atoms with van der Waals surface area (Å²) in [5, 5.41) is 8.85. The molecule has 0 aliphatic rings. The van der Waals surface area contributed by atoms with Gasteiger partial charge in [-0.2, -0.15) is 0 Å².